The molecule has 3 aromatic rings. The number of hydrogen-bond donors (Lipinski definition) is 2. The van der Waals surface area contributed by atoms with Gasteiger partial charge in [0.15, 0.2) is 0 Å². The molecule has 0 spiro atoms. The summed E-state index contributed by atoms with van der Waals surface area (Å²) in [6, 6.07) is 12.1. The summed E-state index contributed by atoms with van der Waals surface area (Å²) in [5.41, 5.74) is 2.00. The van der Waals surface area contributed by atoms with Crippen molar-refractivity contribution in [3.63, 3.8) is 0 Å². The summed E-state index contributed by atoms with van der Waals surface area (Å²) in [6.07, 6.45) is 2.29. The summed E-state index contributed by atoms with van der Waals surface area (Å²) in [6.45, 7) is 6.23. The van der Waals surface area contributed by atoms with E-state index in [1.165, 1.54) is 17.2 Å². The molecule has 2 N–H and O–H groups in total. The van der Waals surface area contributed by atoms with Gasteiger partial charge in [0.25, 0.3) is 11.7 Å². The Kier molecular flexibility index (Phi) is 5.96. The highest BCUT2D eigenvalue weighted by atomic mass is 16.5. The lowest BCUT2D eigenvalue weighted by atomic mass is 9.98. The summed E-state index contributed by atoms with van der Waals surface area (Å²) in [7, 11) is 0. The molecule has 1 fully saturated rings. The number of ketones is 1. The molecule has 2 aromatic carbocycles. The van der Waals surface area contributed by atoms with Gasteiger partial charge in [-0.3, -0.25) is 14.5 Å². The van der Waals surface area contributed by atoms with Crippen molar-refractivity contribution in [2.45, 2.75) is 33.2 Å². The van der Waals surface area contributed by atoms with Crippen molar-refractivity contribution in [2.24, 2.45) is 0 Å². The Hall–Kier alpha value is -4.00. The van der Waals surface area contributed by atoms with Gasteiger partial charge in [-0.25, -0.2) is 0 Å². The molecule has 170 valence electrons. The molecule has 0 bridgehead atoms. The fourth-order valence-electron chi connectivity index (χ4n) is 3.95. The summed E-state index contributed by atoms with van der Waals surface area (Å²) in [4.78, 5) is 27.4. The Morgan fingerprint density at radius 2 is 1.91 bits per heavy atom. The second-order valence-electron chi connectivity index (χ2n) is 8.01. The van der Waals surface area contributed by atoms with Crippen molar-refractivity contribution < 1.29 is 29.0 Å². The van der Waals surface area contributed by atoms with E-state index in [0.29, 0.717) is 17.9 Å². The van der Waals surface area contributed by atoms with Crippen LogP contribution in [0, 0.1) is 13.8 Å². The second-order valence-corrected chi connectivity index (χ2v) is 8.01. The molecule has 7 heteroatoms. The van der Waals surface area contributed by atoms with Gasteiger partial charge < -0.3 is 19.4 Å². The van der Waals surface area contributed by atoms with Crippen LogP contribution in [-0.4, -0.2) is 28.5 Å². The highest BCUT2D eigenvalue weighted by Gasteiger charge is 2.49. The number of carbonyl (C=O) groups is 2. The standard InChI is InChI=1S/C26H25NO6/c1-4-11-32-20-10-8-17(14-16(20)3)24(29)22-23(21-6-5-12-33-21)27(26(31)25(22)30)18-13-15(2)7-9-19(18)28/h5-10,12-14,23,28-29H,4,11H2,1-3H3/b24-22-. The van der Waals surface area contributed by atoms with Crippen molar-refractivity contribution in [3.05, 3.63) is 82.8 Å². The molecule has 1 saturated heterocycles. The number of phenols is 1. The predicted octanol–water partition coefficient (Wildman–Crippen LogP) is 5.02. The lowest BCUT2D eigenvalue weighted by molar-refractivity contribution is -0.132. The van der Waals surface area contributed by atoms with Gasteiger partial charge in [0.2, 0.25) is 0 Å². The number of Topliss-reactive ketones (excluding diaryl/α,β-unsaturated/α-hetero) is 1. The number of ether oxygens (including phenoxy) is 1. The maximum Gasteiger partial charge on any atom is 0.300 e. The molecular formula is C26H25NO6. The Morgan fingerprint density at radius 3 is 2.58 bits per heavy atom. The molecule has 0 aliphatic carbocycles. The van der Waals surface area contributed by atoms with Crippen LogP contribution in [0.15, 0.2) is 64.8 Å². The molecule has 0 radical (unpaired) electrons. The maximum absolute atomic E-state index is 13.1. The summed E-state index contributed by atoms with van der Waals surface area (Å²) >= 11 is 0. The summed E-state index contributed by atoms with van der Waals surface area (Å²) < 4.78 is 11.2. The molecule has 1 amide bonds. The third kappa shape index (κ3) is 3.98. The molecule has 33 heavy (non-hydrogen) atoms. The number of aliphatic hydroxyl groups is 1. The van der Waals surface area contributed by atoms with Crippen molar-refractivity contribution in [1.82, 2.24) is 0 Å². The number of nitrogens with zero attached hydrogens (tertiary/aromatic N) is 1. The van der Waals surface area contributed by atoms with Crippen molar-refractivity contribution in [2.75, 3.05) is 11.5 Å². The number of amides is 1. The Labute approximate surface area is 191 Å². The van der Waals surface area contributed by atoms with E-state index in [1.807, 2.05) is 20.8 Å². The first kappa shape index (κ1) is 22.2. The average molecular weight is 447 g/mol. The number of phenolic OH excluding ortho intramolecular Hbond substituents is 1. The van der Waals surface area contributed by atoms with E-state index in [9.17, 15) is 19.8 Å². The second kappa shape index (κ2) is 8.86. The normalized spacial score (nSPS) is 17.5. The Balaban J connectivity index is 1.87. The fraction of sp³-hybridized carbons (Fsp3) is 0.231. The van der Waals surface area contributed by atoms with Gasteiger partial charge in [0, 0.05) is 5.56 Å². The third-order valence-electron chi connectivity index (χ3n) is 5.56. The topological polar surface area (TPSA) is 100 Å². The highest BCUT2D eigenvalue weighted by molar-refractivity contribution is 6.51. The Morgan fingerprint density at radius 1 is 1.12 bits per heavy atom. The van der Waals surface area contributed by atoms with Crippen LogP contribution in [0.4, 0.5) is 5.69 Å². The third-order valence-corrected chi connectivity index (χ3v) is 5.56. The molecular weight excluding hydrogens is 422 g/mol. The molecule has 2 heterocycles. The van der Waals surface area contributed by atoms with Crippen molar-refractivity contribution >= 4 is 23.1 Å². The maximum atomic E-state index is 13.1. The first-order valence-electron chi connectivity index (χ1n) is 10.7. The van der Waals surface area contributed by atoms with E-state index in [-0.39, 0.29) is 28.5 Å². The number of aromatic hydroxyl groups is 1. The van der Waals surface area contributed by atoms with Crippen LogP contribution in [0.2, 0.25) is 0 Å². The number of rotatable bonds is 6. The lowest BCUT2D eigenvalue weighted by Gasteiger charge is -2.24. The minimum Gasteiger partial charge on any atom is -0.507 e. The number of anilines is 1. The monoisotopic (exact) mass is 447 g/mol. The molecule has 4 rings (SSSR count). The minimum absolute atomic E-state index is 0.113. The number of benzene rings is 2. The number of carbonyl (C=O) groups excluding carboxylic acids is 2. The molecule has 1 unspecified atom stereocenters. The zero-order chi connectivity index (χ0) is 23.7. The van der Waals surface area contributed by atoms with Gasteiger partial charge in [-0.05, 0) is 73.9 Å². The van der Waals surface area contributed by atoms with E-state index in [2.05, 4.69) is 0 Å². The van der Waals surface area contributed by atoms with Gasteiger partial charge in [0.05, 0.1) is 24.1 Å². The zero-order valence-electron chi connectivity index (χ0n) is 18.7. The molecule has 7 nitrogen and oxygen atoms in total. The summed E-state index contributed by atoms with van der Waals surface area (Å²) in [5.74, 6) is -1.24. The smallest absolute Gasteiger partial charge is 0.300 e. The van der Waals surface area contributed by atoms with Gasteiger partial charge in [-0.1, -0.05) is 13.0 Å². The average Bonchev–Trinajstić information content (AvgIpc) is 3.41. The molecule has 1 aliphatic heterocycles. The first-order valence-corrected chi connectivity index (χ1v) is 10.7. The van der Waals surface area contributed by atoms with Crippen LogP contribution in [0.1, 0.15) is 41.8 Å². The van der Waals surface area contributed by atoms with Gasteiger partial charge in [-0.15, -0.1) is 0 Å². The van der Waals surface area contributed by atoms with Crippen molar-refractivity contribution in [1.29, 1.82) is 0 Å². The summed E-state index contributed by atoms with van der Waals surface area (Å²) in [5, 5.41) is 21.7. The lowest BCUT2D eigenvalue weighted by Crippen LogP contribution is -2.29. The SMILES string of the molecule is CCCOc1ccc(/C(O)=C2/C(=O)C(=O)N(c3cc(C)ccc3O)C2c2ccco2)cc1C. The zero-order valence-corrected chi connectivity index (χ0v) is 18.7. The van der Waals surface area contributed by atoms with Crippen LogP contribution >= 0.6 is 0 Å². The van der Waals surface area contributed by atoms with Gasteiger partial charge >= 0.3 is 0 Å². The number of furan rings is 1. The number of aliphatic hydroxyl groups excluding tert-OH is 1. The van der Waals surface area contributed by atoms with Gasteiger partial charge in [-0.2, -0.15) is 0 Å². The minimum atomic E-state index is -1.04. The molecule has 1 aromatic heterocycles. The molecule has 1 aliphatic rings. The van der Waals surface area contributed by atoms with Crippen LogP contribution < -0.4 is 9.64 Å². The van der Waals surface area contributed by atoms with Crippen LogP contribution in [0.5, 0.6) is 11.5 Å². The quantitative estimate of drug-likeness (QED) is 0.313. The first-order chi connectivity index (χ1) is 15.8. The fourth-order valence-corrected chi connectivity index (χ4v) is 3.95. The highest BCUT2D eigenvalue weighted by Crippen LogP contribution is 2.45. The van der Waals surface area contributed by atoms with E-state index in [0.717, 1.165) is 17.5 Å². The van der Waals surface area contributed by atoms with Gasteiger partial charge in [0.1, 0.15) is 29.1 Å². The van der Waals surface area contributed by atoms with E-state index in [1.54, 1.807) is 42.5 Å². The number of aryl methyl sites for hydroxylation is 2. The predicted molar refractivity (Wildman–Crippen MR) is 123 cm³/mol. The Bertz CT molecular complexity index is 1240. The number of hydrogen-bond acceptors (Lipinski definition) is 6. The van der Waals surface area contributed by atoms with Crippen molar-refractivity contribution in [3.8, 4) is 11.5 Å². The molecule has 1 atom stereocenters. The van der Waals surface area contributed by atoms with Crippen LogP contribution in [-0.2, 0) is 9.59 Å². The van der Waals surface area contributed by atoms with E-state index in [4.69, 9.17) is 9.15 Å². The molecule has 0 saturated carbocycles. The van der Waals surface area contributed by atoms with E-state index < -0.39 is 17.7 Å². The largest absolute Gasteiger partial charge is 0.507 e. The van der Waals surface area contributed by atoms with Crippen LogP contribution in [0.25, 0.3) is 5.76 Å². The van der Waals surface area contributed by atoms with Crippen LogP contribution in [0.3, 0.4) is 0 Å². The van der Waals surface area contributed by atoms with E-state index >= 15 is 0 Å².